The van der Waals surface area contributed by atoms with Gasteiger partial charge in [0.05, 0.1) is 0 Å². The largest absolute Gasteiger partial charge is 0.481 e. The van der Waals surface area contributed by atoms with Crippen LogP contribution in [0.25, 0.3) is 0 Å². The molecule has 0 aliphatic heterocycles. The van der Waals surface area contributed by atoms with Gasteiger partial charge in [-0.25, -0.2) is 0 Å². The summed E-state index contributed by atoms with van der Waals surface area (Å²) in [5, 5.41) is 12.1. The van der Waals surface area contributed by atoms with Gasteiger partial charge in [0.2, 0.25) is 0 Å². The molecular formula is C16H25NO2. The molecule has 0 amide bonds. The predicted molar refractivity (Wildman–Crippen MR) is 78.2 cm³/mol. The molecule has 1 aromatic rings. The fourth-order valence-electron chi connectivity index (χ4n) is 2.05. The van der Waals surface area contributed by atoms with E-state index >= 15 is 0 Å². The molecule has 1 aromatic carbocycles. The van der Waals surface area contributed by atoms with Crippen molar-refractivity contribution >= 4 is 5.97 Å². The molecule has 0 bridgehead atoms. The quantitative estimate of drug-likeness (QED) is 0.707. The highest BCUT2D eigenvalue weighted by Gasteiger charge is 2.18. The van der Waals surface area contributed by atoms with Gasteiger partial charge in [0.15, 0.2) is 0 Å². The van der Waals surface area contributed by atoms with Crippen molar-refractivity contribution in [3.05, 3.63) is 35.4 Å². The molecule has 0 aliphatic carbocycles. The first-order valence-corrected chi connectivity index (χ1v) is 6.87. The maximum atomic E-state index is 10.6. The molecular weight excluding hydrogens is 238 g/mol. The van der Waals surface area contributed by atoms with Crippen LogP contribution in [0, 0.1) is 12.3 Å². The van der Waals surface area contributed by atoms with Crippen molar-refractivity contribution in [2.45, 2.75) is 46.6 Å². The first kappa shape index (κ1) is 15.7. The van der Waals surface area contributed by atoms with E-state index in [0.29, 0.717) is 0 Å². The zero-order valence-electron chi connectivity index (χ0n) is 12.2. The Morgan fingerprint density at radius 1 is 1.32 bits per heavy atom. The summed E-state index contributed by atoms with van der Waals surface area (Å²) in [6.07, 6.45) is 1.98. The maximum Gasteiger partial charge on any atom is 0.303 e. The van der Waals surface area contributed by atoms with Gasteiger partial charge in [-0.05, 0) is 37.3 Å². The van der Waals surface area contributed by atoms with Crippen LogP contribution in [0.15, 0.2) is 24.3 Å². The van der Waals surface area contributed by atoms with Crippen molar-refractivity contribution in [3.63, 3.8) is 0 Å². The molecule has 3 heteroatoms. The van der Waals surface area contributed by atoms with E-state index in [0.717, 1.165) is 25.9 Å². The number of aryl methyl sites for hydroxylation is 1. The molecule has 0 atom stereocenters. The minimum atomic E-state index is -0.708. The van der Waals surface area contributed by atoms with Crippen LogP contribution in [0.4, 0.5) is 0 Å². The number of benzene rings is 1. The second-order valence-electron chi connectivity index (χ2n) is 5.97. The Balaban J connectivity index is 2.24. The highest BCUT2D eigenvalue weighted by Crippen LogP contribution is 2.26. The summed E-state index contributed by atoms with van der Waals surface area (Å²) in [7, 11) is 0. The minimum absolute atomic E-state index is 0.0813. The normalized spacial score (nSPS) is 11.5. The number of hydrogen-bond donors (Lipinski definition) is 2. The van der Waals surface area contributed by atoms with E-state index in [1.54, 1.807) is 0 Å². The van der Waals surface area contributed by atoms with Crippen molar-refractivity contribution in [1.82, 2.24) is 5.32 Å². The number of nitrogens with one attached hydrogen (secondary N) is 1. The number of carboxylic acid groups (broad SMARTS) is 1. The summed E-state index contributed by atoms with van der Waals surface area (Å²) in [5.74, 6) is -0.708. The lowest BCUT2D eigenvalue weighted by Gasteiger charge is -2.23. The van der Waals surface area contributed by atoms with Gasteiger partial charge < -0.3 is 10.4 Å². The van der Waals surface area contributed by atoms with Gasteiger partial charge in [-0.1, -0.05) is 43.7 Å². The molecule has 0 aliphatic rings. The highest BCUT2D eigenvalue weighted by molar-refractivity contribution is 5.66. The van der Waals surface area contributed by atoms with Gasteiger partial charge in [-0.3, -0.25) is 4.79 Å². The average molecular weight is 263 g/mol. The van der Waals surface area contributed by atoms with Crippen LogP contribution in [0.5, 0.6) is 0 Å². The molecule has 0 saturated carbocycles. The Morgan fingerprint density at radius 2 is 2.05 bits per heavy atom. The number of carbonyl (C=O) groups is 1. The summed E-state index contributed by atoms with van der Waals surface area (Å²) in [5.41, 5.74) is 2.65. The molecule has 0 fully saturated rings. The number of carboxylic acids is 1. The smallest absolute Gasteiger partial charge is 0.303 e. The number of aliphatic carboxylic acids is 1. The first-order chi connectivity index (χ1) is 8.89. The Hall–Kier alpha value is -1.35. The zero-order valence-corrected chi connectivity index (χ0v) is 12.2. The average Bonchev–Trinajstić information content (AvgIpc) is 2.33. The molecule has 19 heavy (non-hydrogen) atoms. The van der Waals surface area contributed by atoms with E-state index in [-0.39, 0.29) is 11.8 Å². The van der Waals surface area contributed by atoms with Crippen molar-refractivity contribution in [2.75, 3.05) is 6.54 Å². The van der Waals surface area contributed by atoms with E-state index in [4.69, 9.17) is 5.11 Å². The lowest BCUT2D eigenvalue weighted by atomic mass is 9.84. The van der Waals surface area contributed by atoms with Gasteiger partial charge in [0.25, 0.3) is 0 Å². The van der Waals surface area contributed by atoms with Gasteiger partial charge in [-0.15, -0.1) is 0 Å². The Bertz CT molecular complexity index is 413. The van der Waals surface area contributed by atoms with Crippen molar-refractivity contribution in [1.29, 1.82) is 0 Å². The summed E-state index contributed by atoms with van der Waals surface area (Å²) in [6.45, 7) is 8.14. The Labute approximate surface area is 116 Å². The Morgan fingerprint density at radius 3 is 2.68 bits per heavy atom. The standard InChI is InChI=1S/C16H25NO2/c1-13-5-4-6-14(11-13)12-17-10-9-16(2,3)8-7-15(18)19/h4-6,11,17H,7-10,12H2,1-3H3,(H,18,19). The van der Waals surface area contributed by atoms with Gasteiger partial charge in [-0.2, -0.15) is 0 Å². The third-order valence-corrected chi connectivity index (χ3v) is 3.41. The third-order valence-electron chi connectivity index (χ3n) is 3.41. The topological polar surface area (TPSA) is 49.3 Å². The first-order valence-electron chi connectivity index (χ1n) is 6.87. The highest BCUT2D eigenvalue weighted by atomic mass is 16.4. The van der Waals surface area contributed by atoms with E-state index in [2.05, 4.69) is 50.4 Å². The lowest BCUT2D eigenvalue weighted by Crippen LogP contribution is -2.23. The van der Waals surface area contributed by atoms with E-state index in [1.165, 1.54) is 11.1 Å². The van der Waals surface area contributed by atoms with Crippen LogP contribution in [0.2, 0.25) is 0 Å². The van der Waals surface area contributed by atoms with E-state index in [1.807, 2.05) is 0 Å². The van der Waals surface area contributed by atoms with Gasteiger partial charge in [0.1, 0.15) is 0 Å². The van der Waals surface area contributed by atoms with Crippen LogP contribution in [-0.2, 0) is 11.3 Å². The molecule has 0 spiro atoms. The van der Waals surface area contributed by atoms with E-state index < -0.39 is 5.97 Å². The monoisotopic (exact) mass is 263 g/mol. The van der Waals surface area contributed by atoms with Gasteiger partial charge in [0, 0.05) is 13.0 Å². The van der Waals surface area contributed by atoms with Crippen LogP contribution < -0.4 is 5.32 Å². The second kappa shape index (κ2) is 7.29. The third kappa shape index (κ3) is 6.97. The molecule has 0 unspecified atom stereocenters. The molecule has 1 rings (SSSR count). The van der Waals surface area contributed by atoms with Crippen LogP contribution >= 0.6 is 0 Å². The predicted octanol–water partition coefficient (Wildman–Crippen LogP) is 3.37. The van der Waals surface area contributed by atoms with Crippen LogP contribution in [-0.4, -0.2) is 17.6 Å². The summed E-state index contributed by atoms with van der Waals surface area (Å²) < 4.78 is 0. The van der Waals surface area contributed by atoms with Gasteiger partial charge >= 0.3 is 5.97 Å². The zero-order chi connectivity index (χ0) is 14.3. The van der Waals surface area contributed by atoms with Crippen molar-refractivity contribution < 1.29 is 9.90 Å². The summed E-state index contributed by atoms with van der Waals surface area (Å²) in [6, 6.07) is 8.47. The minimum Gasteiger partial charge on any atom is -0.481 e. The van der Waals surface area contributed by atoms with E-state index in [9.17, 15) is 4.79 Å². The SMILES string of the molecule is Cc1cccc(CNCCC(C)(C)CCC(=O)O)c1. The molecule has 3 nitrogen and oxygen atoms in total. The molecule has 0 saturated heterocycles. The van der Waals surface area contributed by atoms with Crippen molar-refractivity contribution in [2.24, 2.45) is 5.41 Å². The number of hydrogen-bond acceptors (Lipinski definition) is 2. The molecule has 0 radical (unpaired) electrons. The second-order valence-corrected chi connectivity index (χ2v) is 5.97. The van der Waals surface area contributed by atoms with Crippen LogP contribution in [0.3, 0.4) is 0 Å². The molecule has 106 valence electrons. The number of rotatable bonds is 8. The lowest BCUT2D eigenvalue weighted by molar-refractivity contribution is -0.137. The van der Waals surface area contributed by atoms with Crippen LogP contribution in [0.1, 0.15) is 44.2 Å². The maximum absolute atomic E-state index is 10.6. The Kier molecular flexibility index (Phi) is 6.03. The molecule has 0 aromatic heterocycles. The summed E-state index contributed by atoms with van der Waals surface area (Å²) in [4.78, 5) is 10.6. The fraction of sp³-hybridized carbons (Fsp3) is 0.562. The molecule has 0 heterocycles. The van der Waals surface area contributed by atoms with Crippen molar-refractivity contribution in [3.8, 4) is 0 Å². The fourth-order valence-corrected chi connectivity index (χ4v) is 2.05. The molecule has 2 N–H and O–H groups in total. The summed E-state index contributed by atoms with van der Waals surface area (Å²) >= 11 is 0.